The lowest BCUT2D eigenvalue weighted by Gasteiger charge is -1.99. The molecular weight excluding hydrogens is 153 g/mol. The summed E-state index contributed by atoms with van der Waals surface area (Å²) in [7, 11) is 1.26. The van der Waals surface area contributed by atoms with E-state index in [1.165, 1.54) is 7.11 Å². The number of ether oxygens (including phenoxy) is 2. The van der Waals surface area contributed by atoms with Gasteiger partial charge in [-0.2, -0.15) is 0 Å². The van der Waals surface area contributed by atoms with Crippen LogP contribution in [0.25, 0.3) is 0 Å². The number of esters is 1. The van der Waals surface area contributed by atoms with Gasteiger partial charge in [0, 0.05) is 0 Å². The van der Waals surface area contributed by atoms with E-state index < -0.39 is 18.7 Å². The maximum atomic E-state index is 11.8. The van der Waals surface area contributed by atoms with Crippen LogP contribution in [0.5, 0.6) is 0 Å². The first-order valence-electron chi connectivity index (χ1n) is 3.11. The highest BCUT2D eigenvalue weighted by Gasteiger charge is 2.25. The van der Waals surface area contributed by atoms with Gasteiger partial charge in [0.1, 0.15) is 6.61 Å². The van der Waals surface area contributed by atoms with Crippen molar-refractivity contribution in [3.63, 3.8) is 0 Å². The molecule has 0 aliphatic carbocycles. The Morgan fingerprint density at radius 2 is 2.73 bits per heavy atom. The molecule has 1 atom stereocenters. The predicted molar refractivity (Wildman–Crippen MR) is 35.2 cm³/mol. The van der Waals surface area contributed by atoms with E-state index in [9.17, 15) is 9.18 Å². The van der Waals surface area contributed by atoms with Crippen LogP contribution >= 0.6 is 0 Å². The van der Waals surface area contributed by atoms with Gasteiger partial charge in [-0.15, -0.1) is 0 Å². The molecule has 1 aliphatic heterocycles. The van der Waals surface area contributed by atoms with Crippen molar-refractivity contribution in [1.82, 2.24) is 0 Å². The summed E-state index contributed by atoms with van der Waals surface area (Å²) in [6, 6.07) is -0.675. The molecule has 0 radical (unpaired) electrons. The van der Waals surface area contributed by atoms with E-state index in [1.54, 1.807) is 0 Å². The van der Waals surface area contributed by atoms with Gasteiger partial charge in [0.15, 0.2) is 12.7 Å². The van der Waals surface area contributed by atoms with Crippen molar-refractivity contribution >= 4 is 11.9 Å². The number of hydrogen-bond donors (Lipinski definition) is 0. The van der Waals surface area contributed by atoms with Crippen LogP contribution in [0.3, 0.4) is 0 Å². The Morgan fingerprint density at radius 3 is 3.18 bits per heavy atom. The Hall–Kier alpha value is -1.13. The zero-order valence-electron chi connectivity index (χ0n) is 6.04. The van der Waals surface area contributed by atoms with Crippen molar-refractivity contribution in [2.75, 3.05) is 20.4 Å². The van der Waals surface area contributed by atoms with Crippen LogP contribution in [-0.2, 0) is 14.3 Å². The van der Waals surface area contributed by atoms with Gasteiger partial charge in [-0.1, -0.05) is 0 Å². The van der Waals surface area contributed by atoms with Gasteiger partial charge in [-0.05, 0) is 0 Å². The number of carbonyl (C=O) groups excluding carboxylic acids is 1. The van der Waals surface area contributed by atoms with Gasteiger partial charge < -0.3 is 9.47 Å². The van der Waals surface area contributed by atoms with Crippen molar-refractivity contribution in [2.24, 2.45) is 4.99 Å². The summed E-state index contributed by atoms with van der Waals surface area (Å²) in [6.45, 7) is -0.681. The number of carbonyl (C=O) groups is 1. The summed E-state index contributed by atoms with van der Waals surface area (Å²) < 4.78 is 20.9. The molecular formula is C6H8FNO3. The maximum absolute atomic E-state index is 11.8. The largest absolute Gasteiger partial charge is 0.476 e. The molecule has 0 aromatic carbocycles. The zero-order chi connectivity index (χ0) is 8.27. The summed E-state index contributed by atoms with van der Waals surface area (Å²) in [5, 5.41) is 0. The highest BCUT2D eigenvalue weighted by Crippen LogP contribution is 2.05. The van der Waals surface area contributed by atoms with E-state index in [0.717, 1.165) is 0 Å². The molecule has 0 fully saturated rings. The van der Waals surface area contributed by atoms with E-state index >= 15 is 0 Å². The third-order valence-electron chi connectivity index (χ3n) is 1.30. The molecule has 0 spiro atoms. The van der Waals surface area contributed by atoms with Crippen molar-refractivity contribution in [2.45, 2.75) is 6.04 Å². The summed E-state index contributed by atoms with van der Waals surface area (Å²) in [6.07, 6.45) is 0. The normalized spacial score (nSPS) is 22.4. The number of hydrogen-bond acceptors (Lipinski definition) is 4. The van der Waals surface area contributed by atoms with Crippen molar-refractivity contribution in [3.8, 4) is 0 Å². The molecule has 4 nitrogen and oxygen atoms in total. The number of nitrogens with zero attached hydrogens (tertiary/aromatic N) is 1. The van der Waals surface area contributed by atoms with Gasteiger partial charge in [0.05, 0.1) is 7.11 Å². The van der Waals surface area contributed by atoms with Gasteiger partial charge in [0.2, 0.25) is 5.90 Å². The molecule has 0 aromatic rings. The van der Waals surface area contributed by atoms with Crippen LogP contribution in [0.4, 0.5) is 4.39 Å². The third-order valence-corrected chi connectivity index (χ3v) is 1.30. The van der Waals surface area contributed by atoms with Crippen molar-refractivity contribution < 1.29 is 18.7 Å². The Morgan fingerprint density at radius 1 is 2.00 bits per heavy atom. The Balaban J connectivity index is 2.52. The topological polar surface area (TPSA) is 47.9 Å². The average molecular weight is 161 g/mol. The van der Waals surface area contributed by atoms with E-state index in [2.05, 4.69) is 9.73 Å². The van der Waals surface area contributed by atoms with Crippen LogP contribution in [0, 0.1) is 0 Å². The molecule has 1 aliphatic rings. The zero-order valence-corrected chi connectivity index (χ0v) is 6.04. The van der Waals surface area contributed by atoms with Gasteiger partial charge in [-0.25, -0.2) is 14.2 Å². The standard InChI is InChI=1S/C6H8FNO3/c1-10-6(9)4-3-11-5(2-7)8-4/h4H,2-3H2,1H3. The molecule has 11 heavy (non-hydrogen) atoms. The predicted octanol–water partition coefficient (Wildman–Crippen LogP) is -0.0738. The van der Waals surface area contributed by atoms with Crippen LogP contribution < -0.4 is 0 Å². The molecule has 62 valence electrons. The van der Waals surface area contributed by atoms with E-state index in [1.807, 2.05) is 0 Å². The minimum atomic E-state index is -0.770. The Labute approximate surface area is 63.0 Å². The minimum absolute atomic E-state index is 0.0274. The fourth-order valence-corrected chi connectivity index (χ4v) is 0.753. The summed E-state index contributed by atoms with van der Waals surface area (Å²) in [4.78, 5) is 14.4. The quantitative estimate of drug-likeness (QED) is 0.532. The molecule has 0 aromatic heterocycles. The van der Waals surface area contributed by atoms with Gasteiger partial charge in [-0.3, -0.25) is 0 Å². The molecule has 0 saturated carbocycles. The van der Waals surface area contributed by atoms with Gasteiger partial charge in [0.25, 0.3) is 0 Å². The second kappa shape index (κ2) is 3.32. The summed E-state index contributed by atoms with van der Waals surface area (Å²) in [5.41, 5.74) is 0. The number of methoxy groups -OCH3 is 1. The fourth-order valence-electron chi connectivity index (χ4n) is 0.753. The molecule has 0 amide bonds. The Kier molecular flexibility index (Phi) is 2.40. The second-order valence-corrected chi connectivity index (χ2v) is 2.01. The van der Waals surface area contributed by atoms with E-state index in [4.69, 9.17) is 4.74 Å². The molecule has 1 rings (SSSR count). The van der Waals surface area contributed by atoms with E-state index in [-0.39, 0.29) is 12.5 Å². The monoisotopic (exact) mass is 161 g/mol. The highest BCUT2D eigenvalue weighted by atomic mass is 19.1. The first-order valence-corrected chi connectivity index (χ1v) is 3.11. The van der Waals surface area contributed by atoms with E-state index in [0.29, 0.717) is 0 Å². The minimum Gasteiger partial charge on any atom is -0.476 e. The first-order chi connectivity index (χ1) is 5.27. The van der Waals surface area contributed by atoms with Crippen LogP contribution in [0.2, 0.25) is 0 Å². The second-order valence-electron chi connectivity index (χ2n) is 2.01. The van der Waals surface area contributed by atoms with Crippen molar-refractivity contribution in [1.29, 1.82) is 0 Å². The van der Waals surface area contributed by atoms with Crippen molar-refractivity contribution in [3.05, 3.63) is 0 Å². The Bertz CT molecular complexity index is 192. The number of alkyl halides is 1. The molecule has 1 heterocycles. The lowest BCUT2D eigenvalue weighted by Crippen LogP contribution is -2.21. The van der Waals surface area contributed by atoms with Gasteiger partial charge >= 0.3 is 5.97 Å². The lowest BCUT2D eigenvalue weighted by atomic mass is 10.3. The SMILES string of the molecule is COC(=O)C1COC(CF)=N1. The number of rotatable bonds is 2. The maximum Gasteiger partial charge on any atom is 0.334 e. The highest BCUT2D eigenvalue weighted by molar-refractivity contribution is 5.86. The summed E-state index contributed by atoms with van der Waals surface area (Å²) >= 11 is 0. The molecule has 5 heteroatoms. The molecule has 0 bridgehead atoms. The van der Waals surface area contributed by atoms with Crippen LogP contribution in [0.1, 0.15) is 0 Å². The third kappa shape index (κ3) is 1.66. The molecule has 0 saturated heterocycles. The number of halogens is 1. The lowest BCUT2D eigenvalue weighted by molar-refractivity contribution is -0.142. The summed E-state index contributed by atoms with van der Waals surface area (Å²) in [5.74, 6) is -0.520. The average Bonchev–Trinajstić information content (AvgIpc) is 2.50. The first kappa shape index (κ1) is 7.97. The fraction of sp³-hybridized carbons (Fsp3) is 0.667. The molecule has 0 N–H and O–H groups in total. The van der Waals surface area contributed by atoms with Crippen LogP contribution in [-0.4, -0.2) is 38.3 Å². The number of aliphatic imine (C=N–C) groups is 1. The smallest absolute Gasteiger partial charge is 0.334 e. The molecule has 1 unspecified atom stereocenters. The van der Waals surface area contributed by atoms with Crippen LogP contribution in [0.15, 0.2) is 4.99 Å².